The minimum absolute atomic E-state index is 0.334. The summed E-state index contributed by atoms with van der Waals surface area (Å²) >= 11 is 3.46. The molecule has 0 amide bonds. The van der Waals surface area contributed by atoms with Gasteiger partial charge in [0.1, 0.15) is 0 Å². The smallest absolute Gasteiger partial charge is 0.241 e. The van der Waals surface area contributed by atoms with Crippen LogP contribution >= 0.6 is 22.7 Å². The highest BCUT2D eigenvalue weighted by Crippen LogP contribution is 2.27. The van der Waals surface area contributed by atoms with Gasteiger partial charge in [0, 0.05) is 26.7 Å². The maximum Gasteiger partial charge on any atom is 0.241 e. The van der Waals surface area contributed by atoms with E-state index in [0.29, 0.717) is 24.3 Å². The van der Waals surface area contributed by atoms with E-state index in [9.17, 15) is 0 Å². The first-order valence-electron chi connectivity index (χ1n) is 6.75. The van der Waals surface area contributed by atoms with Gasteiger partial charge >= 0.3 is 0 Å². The molecule has 3 rings (SSSR count). The van der Waals surface area contributed by atoms with Crippen LogP contribution in [0.25, 0.3) is 11.4 Å². The zero-order valence-corrected chi connectivity index (χ0v) is 13.9. The zero-order chi connectivity index (χ0) is 14.8. The number of aryl methyl sites for hydroxylation is 1. The molecule has 3 aromatic heterocycles. The summed E-state index contributed by atoms with van der Waals surface area (Å²) in [5, 5.41) is 8.08. The van der Waals surface area contributed by atoms with Crippen molar-refractivity contribution in [3.8, 4) is 11.4 Å². The van der Waals surface area contributed by atoms with E-state index in [1.165, 1.54) is 9.75 Å². The molecule has 0 fully saturated rings. The summed E-state index contributed by atoms with van der Waals surface area (Å²) in [7, 11) is 2.08. The summed E-state index contributed by atoms with van der Waals surface area (Å²) in [6, 6.07) is 6.68. The van der Waals surface area contributed by atoms with Gasteiger partial charge in [-0.25, -0.2) is 0 Å². The number of nitrogens with zero attached hydrogens (tertiary/aromatic N) is 3. The van der Waals surface area contributed by atoms with Gasteiger partial charge in [0.05, 0.1) is 6.54 Å². The quantitative estimate of drug-likeness (QED) is 0.700. The Balaban J connectivity index is 1.69. The van der Waals surface area contributed by atoms with Gasteiger partial charge in [0.25, 0.3) is 0 Å². The zero-order valence-electron chi connectivity index (χ0n) is 12.2. The van der Waals surface area contributed by atoms with Crippen molar-refractivity contribution in [1.82, 2.24) is 15.0 Å². The second kappa shape index (κ2) is 6.09. The van der Waals surface area contributed by atoms with Crippen LogP contribution in [0, 0.1) is 6.92 Å². The molecule has 0 saturated carbocycles. The second-order valence-corrected chi connectivity index (χ2v) is 7.16. The van der Waals surface area contributed by atoms with Crippen LogP contribution in [-0.2, 0) is 6.54 Å². The van der Waals surface area contributed by atoms with E-state index in [1.54, 1.807) is 11.3 Å². The Kier molecular flexibility index (Phi) is 4.19. The van der Waals surface area contributed by atoms with Gasteiger partial charge in [-0.2, -0.15) is 16.3 Å². The Morgan fingerprint density at radius 3 is 2.86 bits per heavy atom. The van der Waals surface area contributed by atoms with Crippen molar-refractivity contribution in [2.24, 2.45) is 0 Å². The molecule has 1 unspecified atom stereocenters. The predicted octanol–water partition coefficient (Wildman–Crippen LogP) is 4.36. The van der Waals surface area contributed by atoms with Crippen LogP contribution in [0.2, 0.25) is 0 Å². The predicted molar refractivity (Wildman–Crippen MR) is 86.5 cm³/mol. The number of thiophene rings is 2. The average molecular weight is 319 g/mol. The van der Waals surface area contributed by atoms with Crippen molar-refractivity contribution in [2.45, 2.75) is 26.4 Å². The largest absolute Gasteiger partial charge is 0.338 e. The first kappa shape index (κ1) is 14.4. The van der Waals surface area contributed by atoms with E-state index in [0.717, 1.165) is 5.56 Å². The van der Waals surface area contributed by atoms with Crippen molar-refractivity contribution in [3.05, 3.63) is 44.6 Å². The van der Waals surface area contributed by atoms with Crippen molar-refractivity contribution in [3.63, 3.8) is 0 Å². The van der Waals surface area contributed by atoms with Crippen LogP contribution in [0.4, 0.5) is 0 Å². The summed E-state index contributed by atoms with van der Waals surface area (Å²) in [6.07, 6.45) is 0. The molecule has 0 saturated heterocycles. The molecule has 21 heavy (non-hydrogen) atoms. The molecule has 3 heterocycles. The van der Waals surface area contributed by atoms with Gasteiger partial charge in [-0.05, 0) is 44.5 Å². The molecule has 110 valence electrons. The van der Waals surface area contributed by atoms with E-state index in [4.69, 9.17) is 4.52 Å². The van der Waals surface area contributed by atoms with Crippen LogP contribution in [0.3, 0.4) is 0 Å². The molecule has 6 heteroatoms. The van der Waals surface area contributed by atoms with E-state index in [1.807, 2.05) is 28.2 Å². The molecule has 0 radical (unpaired) electrons. The Morgan fingerprint density at radius 1 is 1.33 bits per heavy atom. The van der Waals surface area contributed by atoms with E-state index in [2.05, 4.69) is 48.1 Å². The molecule has 0 bridgehead atoms. The standard InChI is InChI=1S/C15H17N3OS2/c1-10-4-5-13(21-10)11(2)18(3)8-14-16-15(17-19-14)12-6-7-20-9-12/h4-7,9,11H,8H2,1-3H3. The third-order valence-corrected chi connectivity index (χ3v) is 5.32. The minimum atomic E-state index is 0.334. The molecule has 0 N–H and O–H groups in total. The van der Waals surface area contributed by atoms with Crippen molar-refractivity contribution in [2.75, 3.05) is 7.05 Å². The molecule has 0 aromatic carbocycles. The fourth-order valence-corrected chi connectivity index (χ4v) is 3.70. The molecule has 0 aliphatic carbocycles. The molecule has 0 aliphatic heterocycles. The molecule has 0 spiro atoms. The van der Waals surface area contributed by atoms with E-state index >= 15 is 0 Å². The van der Waals surface area contributed by atoms with Crippen LogP contribution in [0.15, 0.2) is 33.5 Å². The fraction of sp³-hybridized carbons (Fsp3) is 0.333. The fourth-order valence-electron chi connectivity index (χ4n) is 2.07. The molecular weight excluding hydrogens is 302 g/mol. The van der Waals surface area contributed by atoms with Gasteiger partial charge in [0.15, 0.2) is 0 Å². The van der Waals surface area contributed by atoms with Crippen molar-refractivity contribution < 1.29 is 4.52 Å². The Labute approximate surface area is 132 Å². The minimum Gasteiger partial charge on any atom is -0.338 e. The molecule has 1 atom stereocenters. The Hall–Kier alpha value is -1.50. The van der Waals surface area contributed by atoms with Crippen molar-refractivity contribution in [1.29, 1.82) is 0 Å². The van der Waals surface area contributed by atoms with Gasteiger partial charge in [0.2, 0.25) is 11.7 Å². The Morgan fingerprint density at radius 2 is 2.19 bits per heavy atom. The Bertz CT molecular complexity index is 702. The number of hydrogen-bond acceptors (Lipinski definition) is 6. The van der Waals surface area contributed by atoms with E-state index < -0.39 is 0 Å². The van der Waals surface area contributed by atoms with Crippen LogP contribution in [-0.4, -0.2) is 22.1 Å². The highest BCUT2D eigenvalue weighted by molar-refractivity contribution is 7.12. The van der Waals surface area contributed by atoms with Crippen LogP contribution < -0.4 is 0 Å². The first-order chi connectivity index (χ1) is 10.1. The molecule has 4 nitrogen and oxygen atoms in total. The summed E-state index contributed by atoms with van der Waals surface area (Å²) in [4.78, 5) is 9.37. The highest BCUT2D eigenvalue weighted by atomic mass is 32.1. The number of aromatic nitrogens is 2. The monoisotopic (exact) mass is 319 g/mol. The highest BCUT2D eigenvalue weighted by Gasteiger charge is 2.17. The lowest BCUT2D eigenvalue weighted by Crippen LogP contribution is -2.21. The topological polar surface area (TPSA) is 42.2 Å². The lowest BCUT2D eigenvalue weighted by atomic mass is 10.2. The maximum absolute atomic E-state index is 5.36. The van der Waals surface area contributed by atoms with Gasteiger partial charge in [-0.1, -0.05) is 5.16 Å². The lowest BCUT2D eigenvalue weighted by Gasteiger charge is -2.21. The number of hydrogen-bond donors (Lipinski definition) is 0. The van der Waals surface area contributed by atoms with Gasteiger partial charge < -0.3 is 4.52 Å². The summed E-state index contributed by atoms with van der Waals surface area (Å²) in [5.41, 5.74) is 1.01. The summed E-state index contributed by atoms with van der Waals surface area (Å²) in [5.74, 6) is 1.32. The van der Waals surface area contributed by atoms with E-state index in [-0.39, 0.29) is 0 Å². The third-order valence-electron chi connectivity index (χ3n) is 3.47. The molecule has 3 aromatic rings. The van der Waals surface area contributed by atoms with Crippen LogP contribution in [0.5, 0.6) is 0 Å². The normalized spacial score (nSPS) is 13.0. The lowest BCUT2D eigenvalue weighted by molar-refractivity contribution is 0.219. The van der Waals surface area contributed by atoms with Gasteiger partial charge in [-0.3, -0.25) is 4.90 Å². The third kappa shape index (κ3) is 3.23. The molecule has 0 aliphatic rings. The number of rotatable bonds is 5. The first-order valence-corrected chi connectivity index (χ1v) is 8.51. The van der Waals surface area contributed by atoms with Gasteiger partial charge in [-0.15, -0.1) is 11.3 Å². The van der Waals surface area contributed by atoms with Crippen LogP contribution in [0.1, 0.15) is 28.6 Å². The molecular formula is C15H17N3OS2. The summed E-state index contributed by atoms with van der Waals surface area (Å²) < 4.78 is 5.36. The second-order valence-electron chi connectivity index (χ2n) is 5.06. The maximum atomic E-state index is 5.36. The average Bonchev–Trinajstić information content (AvgIpc) is 3.17. The SMILES string of the molecule is Cc1ccc(C(C)N(C)Cc2nc(-c3ccsc3)no2)s1. The van der Waals surface area contributed by atoms with Crippen molar-refractivity contribution >= 4 is 22.7 Å². The summed E-state index contributed by atoms with van der Waals surface area (Å²) in [6.45, 7) is 4.97.